The van der Waals surface area contributed by atoms with Crippen molar-refractivity contribution < 1.29 is 117 Å². The second-order valence-corrected chi connectivity index (χ2v) is 29.3. The lowest BCUT2D eigenvalue weighted by atomic mass is 10.2. The molecule has 76 heavy (non-hydrogen) atoms. The van der Waals surface area contributed by atoms with Gasteiger partial charge < -0.3 is 30.7 Å². The highest BCUT2D eigenvalue weighted by atomic mass is 32.3. The summed E-state index contributed by atoms with van der Waals surface area (Å²) >= 11 is 0. The highest BCUT2D eigenvalue weighted by Crippen LogP contribution is 2.29. The number of anilines is 8. The molecule has 39 nitrogen and oxygen atoms in total. The molecule has 12 N–H and O–H groups in total. The molecule has 0 aliphatic heterocycles. The predicted octanol–water partition coefficient (Wildman–Crippen LogP) is -4.52. The van der Waals surface area contributed by atoms with Crippen molar-refractivity contribution in [2.75, 3.05) is 116 Å². The first-order chi connectivity index (χ1) is 34.2. The first kappa shape index (κ1) is 65.5. The van der Waals surface area contributed by atoms with Crippen LogP contribution in [0.2, 0.25) is 0 Å². The van der Waals surface area contributed by atoms with Gasteiger partial charge >= 0.3 is 0 Å². The SMILES string of the molecule is O=S(=O)(O)CCC(CS(=O)(=O)O)Nc1nc(Nc2cc(Nc3nc(N(CCS(=O)(=O)O)CCS(=O)(=O)O)nc(N(CCS(=O)(=O)O)CCS(=O)(=O)O)n3)cc(S(=O)(=O)O)c2)nc(N(CCS(=O)(=O)O)CCS(=O)(=O)O)n1. The molecular weight excluding hydrogens is 1220 g/mol. The van der Waals surface area contributed by atoms with Gasteiger partial charge in [0.1, 0.15) is 0 Å². The van der Waals surface area contributed by atoms with Crippen molar-refractivity contribution in [3.8, 4) is 0 Å². The average Bonchev–Trinajstić information content (AvgIpc) is 3.19. The minimum Gasteiger partial charge on any atom is -0.350 e. The van der Waals surface area contributed by atoms with Gasteiger partial charge in [0, 0.05) is 56.7 Å². The Morgan fingerprint density at radius 1 is 0.368 bits per heavy atom. The van der Waals surface area contributed by atoms with E-state index < -0.39 is 241 Å². The number of nitrogens with one attached hydrogen (secondary N) is 3. The monoisotopic (exact) mass is 1270 g/mol. The Morgan fingerprint density at radius 2 is 0.658 bits per heavy atom. The highest BCUT2D eigenvalue weighted by molar-refractivity contribution is 7.87. The van der Waals surface area contributed by atoms with Gasteiger partial charge in [0.05, 0.1) is 50.9 Å². The smallest absolute Gasteiger partial charge is 0.294 e. The summed E-state index contributed by atoms with van der Waals surface area (Å²) in [5, 5.41) is 7.13. The summed E-state index contributed by atoms with van der Waals surface area (Å²) in [5.74, 6) is -14.7. The van der Waals surface area contributed by atoms with Crippen LogP contribution in [0.15, 0.2) is 23.1 Å². The Morgan fingerprint density at radius 3 is 0.947 bits per heavy atom. The fourth-order valence-corrected chi connectivity index (χ4v) is 10.3. The Bertz CT molecular complexity index is 3430. The molecule has 0 bridgehead atoms. The van der Waals surface area contributed by atoms with Crippen molar-refractivity contribution in [1.29, 1.82) is 0 Å². The number of nitrogens with zero attached hydrogens (tertiary/aromatic N) is 9. The molecule has 0 fully saturated rings. The van der Waals surface area contributed by atoms with Crippen molar-refractivity contribution in [2.45, 2.75) is 17.4 Å². The van der Waals surface area contributed by atoms with Crippen LogP contribution in [0.25, 0.3) is 0 Å². The molecular formula is C28H46N12O27S9. The lowest BCUT2D eigenvalue weighted by Crippen LogP contribution is -2.37. The van der Waals surface area contributed by atoms with Gasteiger partial charge in [0.25, 0.3) is 91.1 Å². The standard InChI is InChI=1S/C28H46N12O27S9/c41-68(42,43)8-1-19(18-75(62,63)64)29-23-32-24(34-26(33-23)38(2-9-69(44,45)46)3-10-70(47,48)49)30-20-15-21(17-22(16-20)76(65,66)67)31-25-35-27(39(4-11-71(50,51)52)5-12-72(53,54)55)37-28(36-25)40(6-13-73(56,57)58)7-14-74(59,60)61/h15-17,19H,1-14,18H2,(H,41,42,43)(H,44,45,46)(H,47,48,49)(H,50,51,52)(H,53,54,55)(H,56,57,58)(H,59,60,61)(H,62,63,64)(H,65,66,67)(H,31,35,36,37)(H2,29,30,32,33,34). The average molecular weight is 1270 g/mol. The van der Waals surface area contributed by atoms with Crippen LogP contribution in [0.5, 0.6) is 0 Å². The summed E-state index contributed by atoms with van der Waals surface area (Å²) in [6, 6.07) is 0.424. The number of aromatic nitrogens is 6. The molecule has 0 aliphatic carbocycles. The van der Waals surface area contributed by atoms with Gasteiger partial charge in [0.2, 0.25) is 35.7 Å². The topological polar surface area (TPSA) is 612 Å². The van der Waals surface area contributed by atoms with Gasteiger partial charge in [-0.15, -0.1) is 0 Å². The zero-order valence-electron chi connectivity index (χ0n) is 38.0. The largest absolute Gasteiger partial charge is 0.350 e. The van der Waals surface area contributed by atoms with Gasteiger partial charge in [-0.3, -0.25) is 41.0 Å². The summed E-state index contributed by atoms with van der Waals surface area (Å²) < 4.78 is 299. The number of benzene rings is 1. The van der Waals surface area contributed by atoms with Gasteiger partial charge in [-0.1, -0.05) is 0 Å². The van der Waals surface area contributed by atoms with Gasteiger partial charge in [-0.2, -0.15) is 106 Å². The first-order valence-electron chi connectivity index (χ1n) is 20.0. The van der Waals surface area contributed by atoms with Crippen LogP contribution in [0.1, 0.15) is 6.42 Å². The van der Waals surface area contributed by atoms with E-state index in [9.17, 15) is 117 Å². The molecule has 0 radical (unpaired) electrons. The Kier molecular flexibility index (Phi) is 21.9. The lowest BCUT2D eigenvalue weighted by Gasteiger charge is -2.26. The molecule has 0 saturated carbocycles. The molecule has 0 spiro atoms. The molecule has 1 atom stereocenters. The molecule has 48 heteroatoms. The predicted molar refractivity (Wildman–Crippen MR) is 262 cm³/mol. The van der Waals surface area contributed by atoms with Crippen LogP contribution >= 0.6 is 0 Å². The Balaban J connectivity index is 2.40. The number of hydrogen-bond acceptors (Lipinski definition) is 30. The third-order valence-electron chi connectivity index (χ3n) is 8.98. The van der Waals surface area contributed by atoms with Crippen LogP contribution in [0, 0.1) is 0 Å². The molecule has 1 aromatic carbocycles. The minimum absolute atomic E-state index is 0.565. The van der Waals surface area contributed by atoms with Gasteiger partial charge in [-0.25, -0.2) is 0 Å². The van der Waals surface area contributed by atoms with Gasteiger partial charge in [-0.05, 0) is 24.6 Å². The maximum absolute atomic E-state index is 12.7. The van der Waals surface area contributed by atoms with Gasteiger partial charge in [0.15, 0.2) is 0 Å². The summed E-state index contributed by atoms with van der Waals surface area (Å²) in [5.41, 5.74) is -1.14. The number of hydrogen-bond donors (Lipinski definition) is 12. The second kappa shape index (κ2) is 25.4. The van der Waals surface area contributed by atoms with Crippen LogP contribution in [-0.2, 0) is 91.1 Å². The van der Waals surface area contributed by atoms with E-state index in [1.807, 2.05) is 0 Å². The molecule has 2 heterocycles. The van der Waals surface area contributed by atoms with Crippen LogP contribution in [-0.4, -0.2) is 238 Å². The van der Waals surface area contributed by atoms with Crippen molar-refractivity contribution >= 4 is 138 Å². The summed E-state index contributed by atoms with van der Waals surface area (Å²) in [6.45, 7) is -5.45. The maximum Gasteiger partial charge on any atom is 0.294 e. The zero-order chi connectivity index (χ0) is 58.1. The van der Waals surface area contributed by atoms with E-state index in [2.05, 4.69) is 45.9 Å². The van der Waals surface area contributed by atoms with Crippen LogP contribution in [0.3, 0.4) is 0 Å². The summed E-state index contributed by atoms with van der Waals surface area (Å²) in [6.07, 6.45) is -0.832. The van der Waals surface area contributed by atoms with Crippen molar-refractivity contribution in [3.05, 3.63) is 18.2 Å². The van der Waals surface area contributed by atoms with E-state index in [4.69, 9.17) is 0 Å². The molecule has 0 amide bonds. The molecule has 2 aromatic heterocycles. The van der Waals surface area contributed by atoms with E-state index in [-0.39, 0.29) is 0 Å². The zero-order valence-corrected chi connectivity index (χ0v) is 45.3. The Labute approximate surface area is 433 Å². The summed E-state index contributed by atoms with van der Waals surface area (Å²) in [4.78, 5) is 24.8. The van der Waals surface area contributed by atoms with Crippen molar-refractivity contribution in [2.24, 2.45) is 0 Å². The third-order valence-corrected chi connectivity index (χ3v) is 15.6. The minimum atomic E-state index is -5.34. The fourth-order valence-electron chi connectivity index (χ4n) is 5.68. The quantitative estimate of drug-likeness (QED) is 0.0256. The van der Waals surface area contributed by atoms with Crippen molar-refractivity contribution in [1.82, 2.24) is 29.9 Å². The van der Waals surface area contributed by atoms with E-state index in [0.29, 0.717) is 26.8 Å². The Hall–Kier alpha value is -4.77. The molecule has 1 unspecified atom stereocenters. The van der Waals surface area contributed by atoms with E-state index in [1.54, 1.807) is 0 Å². The van der Waals surface area contributed by atoms with E-state index in [0.717, 1.165) is 6.07 Å². The first-order valence-corrected chi connectivity index (χ1v) is 34.3. The van der Waals surface area contributed by atoms with Crippen molar-refractivity contribution in [3.63, 3.8) is 0 Å². The molecule has 434 valence electrons. The molecule has 3 rings (SSSR count). The maximum atomic E-state index is 12.7. The second-order valence-electron chi connectivity index (χ2n) is 15.4. The number of rotatable bonds is 33. The molecule has 0 saturated heterocycles. The van der Waals surface area contributed by atoms with E-state index in [1.165, 1.54) is 0 Å². The van der Waals surface area contributed by atoms with Crippen LogP contribution < -0.4 is 30.7 Å². The third kappa shape index (κ3) is 27.5. The summed E-state index contributed by atoms with van der Waals surface area (Å²) in [7, 11) is -44.6. The molecule has 0 aliphatic rings. The van der Waals surface area contributed by atoms with Crippen LogP contribution in [0.4, 0.5) is 47.1 Å². The lowest BCUT2D eigenvalue weighted by molar-refractivity contribution is 0.468. The highest BCUT2D eigenvalue weighted by Gasteiger charge is 2.27. The fraction of sp³-hybridized carbons (Fsp3) is 0.571. The van der Waals surface area contributed by atoms with E-state index >= 15 is 0 Å². The molecule has 3 aromatic rings. The normalized spacial score (nSPS) is 13.7.